The van der Waals surface area contributed by atoms with E-state index in [-0.39, 0.29) is 55.2 Å². The highest BCUT2D eigenvalue weighted by Crippen LogP contribution is 2.29. The summed E-state index contributed by atoms with van der Waals surface area (Å²) in [4.78, 5) is 32.3. The van der Waals surface area contributed by atoms with Gasteiger partial charge in [-0.3, -0.25) is 24.2 Å². The minimum absolute atomic E-state index is 0.0125. The molecule has 4 heterocycles. The van der Waals surface area contributed by atoms with Crippen molar-refractivity contribution in [2.45, 2.75) is 57.8 Å². The summed E-state index contributed by atoms with van der Waals surface area (Å²) >= 11 is 0. The Balaban J connectivity index is 1.20. The second-order valence-corrected chi connectivity index (χ2v) is 9.40. The lowest BCUT2D eigenvalue weighted by Crippen LogP contribution is -2.24. The summed E-state index contributed by atoms with van der Waals surface area (Å²) in [5, 5.41) is 19.8. The van der Waals surface area contributed by atoms with Crippen LogP contribution in [0.5, 0.6) is 0 Å². The zero-order valence-electron chi connectivity index (χ0n) is 22.4. The summed E-state index contributed by atoms with van der Waals surface area (Å²) < 4.78 is 82.0. The highest BCUT2D eigenvalue weighted by atomic mass is 19.4. The molecule has 0 fully saturated rings. The number of pyridine rings is 2. The predicted octanol–water partition coefficient (Wildman–Crippen LogP) is 3.08. The number of carbonyl (C=O) groups excluding carboxylic acids is 2. The zero-order chi connectivity index (χ0) is 31.2. The average Bonchev–Trinajstić information content (AvgIpc) is 3.63. The van der Waals surface area contributed by atoms with Crippen LogP contribution >= 0.6 is 0 Å². The highest BCUT2D eigenvalue weighted by molar-refractivity contribution is 5.92. The molecule has 0 spiro atoms. The summed E-state index contributed by atoms with van der Waals surface area (Å²) in [5.41, 5.74) is -1.02. The molecule has 228 valence electrons. The third-order valence-corrected chi connectivity index (χ3v) is 5.93. The number of amides is 2. The monoisotopic (exact) mass is 610 g/mol. The molecule has 1 unspecified atom stereocenters. The largest absolute Gasteiger partial charge is 0.416 e. The maximum absolute atomic E-state index is 14.6. The molecule has 12 nitrogen and oxygen atoms in total. The van der Waals surface area contributed by atoms with E-state index in [0.29, 0.717) is 5.69 Å². The predicted molar refractivity (Wildman–Crippen MR) is 135 cm³/mol. The van der Waals surface area contributed by atoms with Crippen molar-refractivity contribution >= 4 is 11.8 Å². The average molecular weight is 611 g/mol. The summed E-state index contributed by atoms with van der Waals surface area (Å²) in [7, 11) is 0. The molecule has 0 aromatic carbocycles. The van der Waals surface area contributed by atoms with Gasteiger partial charge in [-0.1, -0.05) is 10.4 Å². The normalized spacial score (nSPS) is 12.6. The molecule has 0 aliphatic heterocycles. The molecule has 2 amide bonds. The van der Waals surface area contributed by atoms with Gasteiger partial charge in [0.1, 0.15) is 6.17 Å². The first-order valence-electron chi connectivity index (χ1n) is 12.6. The van der Waals surface area contributed by atoms with Gasteiger partial charge in [-0.05, 0) is 24.3 Å². The van der Waals surface area contributed by atoms with Gasteiger partial charge in [-0.25, -0.2) is 17.9 Å². The molecule has 0 aliphatic carbocycles. The number of aromatic nitrogens is 8. The molecule has 4 rings (SSSR count). The minimum Gasteiger partial charge on any atom is -0.345 e. The molecule has 0 aliphatic rings. The van der Waals surface area contributed by atoms with Gasteiger partial charge in [0.25, 0.3) is 17.7 Å². The molecule has 18 heteroatoms. The zero-order valence-corrected chi connectivity index (χ0v) is 22.4. The van der Waals surface area contributed by atoms with Gasteiger partial charge in [0.15, 0.2) is 11.4 Å². The highest BCUT2D eigenvalue weighted by Gasteiger charge is 2.30. The Bertz CT molecular complexity index is 1550. The van der Waals surface area contributed by atoms with Crippen molar-refractivity contribution < 1.29 is 35.9 Å². The number of alkyl halides is 6. The fraction of sp³-hybridized carbons (Fsp3) is 0.360. The number of nitrogens with one attached hydrogen (secondary N) is 2. The molecule has 0 saturated carbocycles. The van der Waals surface area contributed by atoms with E-state index in [0.717, 1.165) is 36.1 Å². The lowest BCUT2D eigenvalue weighted by atomic mass is 10.1. The first-order valence-corrected chi connectivity index (χ1v) is 12.6. The molecule has 43 heavy (non-hydrogen) atoms. The van der Waals surface area contributed by atoms with Crippen molar-refractivity contribution in [1.29, 1.82) is 0 Å². The van der Waals surface area contributed by atoms with Crippen LogP contribution in [0.3, 0.4) is 0 Å². The van der Waals surface area contributed by atoms with Gasteiger partial charge in [0.2, 0.25) is 0 Å². The summed E-state index contributed by atoms with van der Waals surface area (Å²) in [5.74, 6) is -4.35. The number of hydrogen-bond acceptors (Lipinski definition) is 8. The van der Waals surface area contributed by atoms with E-state index in [4.69, 9.17) is 0 Å². The molecule has 2 N–H and O–H groups in total. The van der Waals surface area contributed by atoms with Crippen LogP contribution in [0.1, 0.15) is 56.8 Å². The maximum atomic E-state index is 14.6. The summed E-state index contributed by atoms with van der Waals surface area (Å²) in [6.45, 7) is 0.231. The van der Waals surface area contributed by atoms with E-state index in [1.165, 1.54) is 29.2 Å². The van der Waals surface area contributed by atoms with Crippen LogP contribution in [0.15, 0.2) is 49.1 Å². The van der Waals surface area contributed by atoms with Crippen LogP contribution in [-0.4, -0.2) is 57.9 Å². The van der Waals surface area contributed by atoms with Crippen molar-refractivity contribution in [2.24, 2.45) is 0 Å². The molecule has 4 aromatic rings. The molecule has 0 saturated heterocycles. The molecular weight excluding hydrogens is 586 g/mol. The number of rotatable bonds is 12. The molecular formula is C25H24F6N10O2. The third kappa shape index (κ3) is 8.79. The first-order chi connectivity index (χ1) is 20.3. The van der Waals surface area contributed by atoms with E-state index in [1.807, 2.05) is 0 Å². The fourth-order valence-corrected chi connectivity index (χ4v) is 3.63. The van der Waals surface area contributed by atoms with Gasteiger partial charge in [0, 0.05) is 37.8 Å². The van der Waals surface area contributed by atoms with Crippen LogP contribution in [-0.2, 0) is 38.3 Å². The van der Waals surface area contributed by atoms with Crippen molar-refractivity contribution in [2.75, 3.05) is 0 Å². The molecule has 4 aromatic heterocycles. The van der Waals surface area contributed by atoms with Crippen LogP contribution in [0.25, 0.3) is 0 Å². The molecule has 1 atom stereocenters. The van der Waals surface area contributed by atoms with Crippen molar-refractivity contribution in [3.63, 3.8) is 0 Å². The van der Waals surface area contributed by atoms with Crippen LogP contribution in [0.2, 0.25) is 0 Å². The van der Waals surface area contributed by atoms with Crippen molar-refractivity contribution in [1.82, 2.24) is 50.6 Å². The van der Waals surface area contributed by atoms with Crippen molar-refractivity contribution in [3.8, 4) is 0 Å². The number of nitrogens with zero attached hydrogens (tertiary/aromatic N) is 8. The Hall–Kier alpha value is -4.90. The number of hydrogen-bond donors (Lipinski definition) is 2. The van der Waals surface area contributed by atoms with Gasteiger partial charge in [0.05, 0.1) is 49.0 Å². The maximum Gasteiger partial charge on any atom is 0.416 e. The minimum atomic E-state index is -4.55. The lowest BCUT2D eigenvalue weighted by Gasteiger charge is -2.10. The number of carbonyl (C=O) groups is 2. The Kier molecular flexibility index (Phi) is 9.35. The Morgan fingerprint density at radius 2 is 1.49 bits per heavy atom. The lowest BCUT2D eigenvalue weighted by molar-refractivity contribution is -0.137. The number of aryl methyl sites for hydroxylation is 1. The Morgan fingerprint density at radius 3 is 2.09 bits per heavy atom. The first kappa shape index (κ1) is 31.0. The standard InChI is InChI=1S/C25H24F6N10O2/c1-24(27,28)16-2-3-18(33-9-16)10-34-22(42)20-13-40(38-36-20)7-5-17(26)12-41-14-21(37-39-41)23(43)35-11-19-8-15(4-6-32-19)25(29,30)31/h2-4,6,8-9,13-14,17H,5,7,10-12H2,1H3,(H,34,42)(H,35,43). The summed E-state index contributed by atoms with van der Waals surface area (Å²) in [6, 6.07) is 4.21. The topological polar surface area (TPSA) is 145 Å². The van der Waals surface area contributed by atoms with Gasteiger partial charge >= 0.3 is 6.18 Å². The third-order valence-electron chi connectivity index (χ3n) is 5.93. The molecule has 0 bridgehead atoms. The van der Waals surface area contributed by atoms with E-state index >= 15 is 0 Å². The summed E-state index contributed by atoms with van der Waals surface area (Å²) in [6.07, 6.45) is -1.53. The Morgan fingerprint density at radius 1 is 0.860 bits per heavy atom. The van der Waals surface area contributed by atoms with E-state index in [9.17, 15) is 35.9 Å². The fourth-order valence-electron chi connectivity index (χ4n) is 3.63. The van der Waals surface area contributed by atoms with Gasteiger partial charge in [-0.2, -0.15) is 13.2 Å². The van der Waals surface area contributed by atoms with E-state index in [2.05, 4.69) is 41.2 Å². The smallest absolute Gasteiger partial charge is 0.345 e. The molecule has 0 radical (unpaired) electrons. The quantitative estimate of drug-likeness (QED) is 0.233. The van der Waals surface area contributed by atoms with E-state index < -0.39 is 35.6 Å². The second-order valence-electron chi connectivity index (χ2n) is 9.40. The van der Waals surface area contributed by atoms with Crippen LogP contribution < -0.4 is 10.6 Å². The van der Waals surface area contributed by atoms with Gasteiger partial charge < -0.3 is 10.6 Å². The van der Waals surface area contributed by atoms with Crippen LogP contribution in [0, 0.1) is 0 Å². The second kappa shape index (κ2) is 13.0. The van der Waals surface area contributed by atoms with Crippen LogP contribution in [0.4, 0.5) is 26.3 Å². The van der Waals surface area contributed by atoms with Gasteiger partial charge in [-0.15, -0.1) is 10.2 Å². The van der Waals surface area contributed by atoms with E-state index in [1.54, 1.807) is 0 Å². The van der Waals surface area contributed by atoms with Crippen molar-refractivity contribution in [3.05, 3.63) is 83.0 Å². The SMILES string of the molecule is CC(F)(F)c1ccc(CNC(=O)c2cn(CCC(F)Cn3cc(C(=O)NCc4cc(C(F)(F)F)ccn4)nn3)nn2)nc1. The Labute approximate surface area is 239 Å². The number of halogens is 6.